The van der Waals surface area contributed by atoms with Crippen LogP contribution in [-0.2, 0) is 16.0 Å². The molecule has 0 bridgehead atoms. The maximum atomic E-state index is 13.2. The Morgan fingerprint density at radius 2 is 2.29 bits per heavy atom. The Labute approximate surface area is 121 Å². The molecule has 5 nitrogen and oxygen atoms in total. The molecule has 1 aromatic carbocycles. The Hall–Kier alpha value is -2.11. The zero-order chi connectivity index (χ0) is 15.0. The molecule has 0 spiro atoms. The van der Waals surface area contributed by atoms with Crippen molar-refractivity contribution in [3.8, 4) is 5.75 Å². The molecule has 2 aliphatic heterocycles. The summed E-state index contributed by atoms with van der Waals surface area (Å²) in [5.41, 5.74) is 0.791. The maximum Gasteiger partial charge on any atom is 0.308 e. The summed E-state index contributed by atoms with van der Waals surface area (Å²) in [4.78, 5) is 24.5. The summed E-state index contributed by atoms with van der Waals surface area (Å²) in [6.45, 7) is 0.567. The van der Waals surface area contributed by atoms with Crippen molar-refractivity contribution in [2.45, 2.75) is 25.4 Å². The highest BCUT2D eigenvalue weighted by molar-refractivity contribution is 5.80. The van der Waals surface area contributed by atoms with Crippen molar-refractivity contribution in [3.05, 3.63) is 29.6 Å². The van der Waals surface area contributed by atoms with Crippen molar-refractivity contribution in [2.24, 2.45) is 5.92 Å². The quantitative estimate of drug-likeness (QED) is 0.916. The van der Waals surface area contributed by atoms with Crippen LogP contribution in [0.15, 0.2) is 18.2 Å². The van der Waals surface area contributed by atoms with Crippen molar-refractivity contribution < 1.29 is 23.8 Å². The number of hydrogen-bond donors (Lipinski definition) is 1. The Morgan fingerprint density at radius 1 is 1.48 bits per heavy atom. The van der Waals surface area contributed by atoms with Crippen LogP contribution in [0.3, 0.4) is 0 Å². The third-order valence-electron chi connectivity index (χ3n) is 4.04. The van der Waals surface area contributed by atoms with Crippen LogP contribution >= 0.6 is 0 Å². The molecule has 6 heteroatoms. The number of ether oxygens (including phenoxy) is 1. The van der Waals surface area contributed by atoms with E-state index in [1.54, 1.807) is 11.0 Å². The molecule has 1 amide bonds. The lowest BCUT2D eigenvalue weighted by Gasteiger charge is -2.32. The van der Waals surface area contributed by atoms with E-state index in [0.29, 0.717) is 25.1 Å². The molecule has 2 atom stereocenters. The van der Waals surface area contributed by atoms with Crippen molar-refractivity contribution >= 4 is 11.9 Å². The molecule has 0 radical (unpaired) electrons. The Morgan fingerprint density at radius 3 is 3.05 bits per heavy atom. The SMILES string of the molecule is O=C(O)C1CCC(=O)N(CC2Cc3cc(F)ccc3O2)C1. The molecule has 0 aliphatic carbocycles. The Balaban J connectivity index is 1.65. The number of hydrogen-bond acceptors (Lipinski definition) is 3. The molecule has 0 aromatic heterocycles. The first-order valence-corrected chi connectivity index (χ1v) is 6.98. The summed E-state index contributed by atoms with van der Waals surface area (Å²) in [6, 6.07) is 4.36. The molecule has 2 unspecified atom stereocenters. The summed E-state index contributed by atoms with van der Waals surface area (Å²) in [5.74, 6) is -1.09. The topological polar surface area (TPSA) is 66.8 Å². The van der Waals surface area contributed by atoms with Gasteiger partial charge in [-0.3, -0.25) is 9.59 Å². The van der Waals surface area contributed by atoms with Crippen molar-refractivity contribution in [1.29, 1.82) is 0 Å². The molecular formula is C15H16FNO4. The number of nitrogens with zero attached hydrogens (tertiary/aromatic N) is 1. The lowest BCUT2D eigenvalue weighted by atomic mass is 9.97. The van der Waals surface area contributed by atoms with E-state index in [-0.39, 0.29) is 30.8 Å². The third-order valence-corrected chi connectivity index (χ3v) is 4.04. The highest BCUT2D eigenvalue weighted by Crippen LogP contribution is 2.30. The molecule has 2 aliphatic rings. The monoisotopic (exact) mass is 293 g/mol. The van der Waals surface area contributed by atoms with Gasteiger partial charge in [0, 0.05) is 24.9 Å². The normalized spacial score (nSPS) is 24.6. The summed E-state index contributed by atoms with van der Waals surface area (Å²) in [7, 11) is 0. The molecule has 0 saturated carbocycles. The van der Waals surface area contributed by atoms with Gasteiger partial charge < -0.3 is 14.7 Å². The van der Waals surface area contributed by atoms with Crippen molar-refractivity contribution in [1.82, 2.24) is 4.90 Å². The van der Waals surface area contributed by atoms with Crippen LogP contribution in [-0.4, -0.2) is 41.1 Å². The molecule has 1 fully saturated rings. The lowest BCUT2D eigenvalue weighted by molar-refractivity contribution is -0.147. The van der Waals surface area contributed by atoms with Crippen LogP contribution in [0.4, 0.5) is 4.39 Å². The fourth-order valence-electron chi connectivity index (χ4n) is 2.93. The molecule has 21 heavy (non-hydrogen) atoms. The zero-order valence-corrected chi connectivity index (χ0v) is 11.4. The first-order valence-electron chi connectivity index (χ1n) is 6.98. The lowest BCUT2D eigenvalue weighted by Crippen LogP contribution is -2.46. The minimum absolute atomic E-state index is 0.0433. The number of piperidine rings is 1. The Kier molecular flexibility index (Phi) is 3.53. The highest BCUT2D eigenvalue weighted by Gasteiger charge is 2.33. The van der Waals surface area contributed by atoms with Crippen LogP contribution in [0, 0.1) is 11.7 Å². The average Bonchev–Trinajstić information content (AvgIpc) is 2.82. The zero-order valence-electron chi connectivity index (χ0n) is 11.4. The van der Waals surface area contributed by atoms with E-state index < -0.39 is 11.9 Å². The molecule has 1 saturated heterocycles. The van der Waals surface area contributed by atoms with Gasteiger partial charge in [-0.25, -0.2) is 4.39 Å². The molecule has 1 N–H and O–H groups in total. The number of carbonyl (C=O) groups excluding carboxylic acids is 1. The van der Waals surface area contributed by atoms with Gasteiger partial charge in [-0.1, -0.05) is 0 Å². The van der Waals surface area contributed by atoms with Crippen LogP contribution in [0.25, 0.3) is 0 Å². The first-order chi connectivity index (χ1) is 10.0. The number of carboxylic acids is 1. The molecule has 112 valence electrons. The van der Waals surface area contributed by atoms with Crippen LogP contribution in [0.1, 0.15) is 18.4 Å². The third kappa shape index (κ3) is 2.84. The number of rotatable bonds is 3. The van der Waals surface area contributed by atoms with Crippen LogP contribution in [0.2, 0.25) is 0 Å². The molecule has 2 heterocycles. The summed E-state index contributed by atoms with van der Waals surface area (Å²) < 4.78 is 18.9. The fourth-order valence-corrected chi connectivity index (χ4v) is 2.93. The van der Waals surface area contributed by atoms with E-state index in [1.165, 1.54) is 12.1 Å². The molecule has 1 aromatic rings. The van der Waals surface area contributed by atoms with E-state index >= 15 is 0 Å². The smallest absolute Gasteiger partial charge is 0.308 e. The predicted octanol–water partition coefficient (Wildman–Crippen LogP) is 1.45. The summed E-state index contributed by atoms with van der Waals surface area (Å²) in [5, 5.41) is 9.06. The van der Waals surface area contributed by atoms with E-state index in [9.17, 15) is 14.0 Å². The van der Waals surface area contributed by atoms with Gasteiger partial charge in [0.2, 0.25) is 5.91 Å². The summed E-state index contributed by atoms with van der Waals surface area (Å²) in [6.07, 6.45) is 0.944. The minimum Gasteiger partial charge on any atom is -0.488 e. The van der Waals surface area contributed by atoms with Gasteiger partial charge in [-0.2, -0.15) is 0 Å². The highest BCUT2D eigenvalue weighted by atomic mass is 19.1. The van der Waals surface area contributed by atoms with Crippen LogP contribution < -0.4 is 4.74 Å². The van der Waals surface area contributed by atoms with E-state index in [4.69, 9.17) is 9.84 Å². The number of carboxylic acid groups (broad SMARTS) is 1. The van der Waals surface area contributed by atoms with Gasteiger partial charge in [0.1, 0.15) is 17.7 Å². The van der Waals surface area contributed by atoms with Gasteiger partial charge in [-0.15, -0.1) is 0 Å². The van der Waals surface area contributed by atoms with Gasteiger partial charge in [0.05, 0.1) is 12.5 Å². The van der Waals surface area contributed by atoms with Crippen molar-refractivity contribution in [2.75, 3.05) is 13.1 Å². The van der Waals surface area contributed by atoms with Crippen LogP contribution in [0.5, 0.6) is 5.75 Å². The standard InChI is InChI=1S/C15H16FNO4/c16-11-2-3-13-10(5-11)6-12(21-13)8-17-7-9(15(19)20)1-4-14(17)18/h2-3,5,9,12H,1,4,6-8H2,(H,19,20). The van der Waals surface area contributed by atoms with Gasteiger partial charge >= 0.3 is 5.97 Å². The first kappa shape index (κ1) is 13.9. The number of benzene rings is 1. The average molecular weight is 293 g/mol. The number of halogens is 1. The predicted molar refractivity (Wildman–Crippen MR) is 71.5 cm³/mol. The second kappa shape index (κ2) is 5.35. The van der Waals surface area contributed by atoms with Crippen molar-refractivity contribution in [3.63, 3.8) is 0 Å². The number of fused-ring (bicyclic) bond motifs is 1. The second-order valence-corrected chi connectivity index (χ2v) is 5.57. The number of likely N-dealkylation sites (tertiary alicyclic amines) is 1. The minimum atomic E-state index is -0.870. The number of amides is 1. The number of aliphatic carboxylic acids is 1. The second-order valence-electron chi connectivity index (χ2n) is 5.57. The summed E-state index contributed by atoms with van der Waals surface area (Å²) >= 11 is 0. The molecular weight excluding hydrogens is 277 g/mol. The number of carbonyl (C=O) groups is 2. The van der Waals surface area contributed by atoms with Gasteiger partial charge in [0.25, 0.3) is 0 Å². The Bertz CT molecular complexity index is 589. The van der Waals surface area contributed by atoms with E-state index in [2.05, 4.69) is 0 Å². The largest absolute Gasteiger partial charge is 0.488 e. The van der Waals surface area contributed by atoms with Gasteiger partial charge in [-0.05, 0) is 24.6 Å². The van der Waals surface area contributed by atoms with E-state index in [1.807, 2.05) is 0 Å². The van der Waals surface area contributed by atoms with Gasteiger partial charge in [0.15, 0.2) is 0 Å². The fraction of sp³-hybridized carbons (Fsp3) is 0.467. The van der Waals surface area contributed by atoms with E-state index in [0.717, 1.165) is 5.56 Å². The molecule has 3 rings (SSSR count). The maximum absolute atomic E-state index is 13.2.